The van der Waals surface area contributed by atoms with Gasteiger partial charge in [-0.05, 0) is 71.2 Å². The maximum Gasteiger partial charge on any atom is 0.336 e. The Balaban J connectivity index is 1.77. The third-order valence-electron chi connectivity index (χ3n) is 4.74. The number of hydrogen-bond acceptors (Lipinski definition) is 5. The van der Waals surface area contributed by atoms with Gasteiger partial charge in [-0.3, -0.25) is 4.79 Å². The van der Waals surface area contributed by atoms with Gasteiger partial charge in [0.05, 0.1) is 0 Å². The van der Waals surface area contributed by atoms with E-state index in [0.717, 1.165) is 23.8 Å². The zero-order chi connectivity index (χ0) is 21.4. The molecule has 1 heterocycles. The van der Waals surface area contributed by atoms with Crippen molar-refractivity contribution < 1.29 is 19.1 Å². The van der Waals surface area contributed by atoms with Crippen LogP contribution in [0.4, 0.5) is 0 Å². The number of fused-ring (bicyclic) bond motifs is 1. The third-order valence-corrected chi connectivity index (χ3v) is 4.74. The van der Waals surface area contributed by atoms with Crippen LogP contribution in [0.25, 0.3) is 11.0 Å². The van der Waals surface area contributed by atoms with Crippen molar-refractivity contribution in [2.24, 2.45) is 0 Å². The van der Waals surface area contributed by atoms with Gasteiger partial charge in [0.25, 0.3) is 0 Å². The molecule has 2 aromatic rings. The van der Waals surface area contributed by atoms with Crippen LogP contribution < -0.4 is 10.4 Å². The molecule has 0 atom stereocenters. The lowest BCUT2D eigenvalue weighted by Gasteiger charge is -2.15. The second kappa shape index (κ2) is 10.2. The van der Waals surface area contributed by atoms with Crippen molar-refractivity contribution in [2.45, 2.75) is 59.0 Å². The molecule has 29 heavy (non-hydrogen) atoms. The van der Waals surface area contributed by atoms with Crippen LogP contribution in [0, 0.1) is 0 Å². The molecule has 5 heteroatoms. The summed E-state index contributed by atoms with van der Waals surface area (Å²) in [5, 5.41) is 10.5. The number of hydrogen-bond donors (Lipinski definition) is 1. The highest BCUT2D eigenvalue weighted by molar-refractivity contribution is 5.86. The van der Waals surface area contributed by atoms with Gasteiger partial charge < -0.3 is 14.3 Å². The van der Waals surface area contributed by atoms with Crippen LogP contribution in [-0.4, -0.2) is 23.1 Å². The molecule has 5 nitrogen and oxygen atoms in total. The van der Waals surface area contributed by atoms with Crippen molar-refractivity contribution in [2.75, 3.05) is 6.61 Å². The van der Waals surface area contributed by atoms with Crippen molar-refractivity contribution in [3.05, 3.63) is 64.1 Å². The zero-order valence-electron chi connectivity index (χ0n) is 17.7. The number of ketones is 1. The van der Waals surface area contributed by atoms with Crippen LogP contribution in [0.2, 0.25) is 0 Å². The summed E-state index contributed by atoms with van der Waals surface area (Å²) in [5.74, 6) is 0.523. The summed E-state index contributed by atoms with van der Waals surface area (Å²) in [6, 6.07) is 8.56. The first-order valence-corrected chi connectivity index (χ1v) is 9.89. The summed E-state index contributed by atoms with van der Waals surface area (Å²) in [6.07, 6.45) is 7.01. The summed E-state index contributed by atoms with van der Waals surface area (Å²) in [6.45, 7) is 7.57. The van der Waals surface area contributed by atoms with Crippen molar-refractivity contribution in [3.63, 3.8) is 0 Å². The Morgan fingerprint density at radius 2 is 1.76 bits per heavy atom. The molecule has 0 aliphatic rings. The Morgan fingerprint density at radius 3 is 2.48 bits per heavy atom. The predicted molar refractivity (Wildman–Crippen MR) is 115 cm³/mol. The Morgan fingerprint density at radius 1 is 1.07 bits per heavy atom. The molecule has 0 saturated carbocycles. The van der Waals surface area contributed by atoms with Gasteiger partial charge in [-0.25, -0.2) is 4.79 Å². The van der Waals surface area contributed by atoms with Crippen LogP contribution >= 0.6 is 0 Å². The van der Waals surface area contributed by atoms with Crippen molar-refractivity contribution in [1.82, 2.24) is 0 Å². The average molecular weight is 398 g/mol. The van der Waals surface area contributed by atoms with E-state index in [2.05, 4.69) is 13.0 Å². The Labute approximate surface area is 171 Å². The lowest BCUT2D eigenvalue weighted by atomic mass is 9.97. The topological polar surface area (TPSA) is 76.7 Å². The number of carbonyl (C=O) groups is 1. The number of ether oxygens (including phenoxy) is 1. The largest absolute Gasteiger partial charge is 0.489 e. The van der Waals surface area contributed by atoms with E-state index < -0.39 is 5.60 Å². The summed E-state index contributed by atoms with van der Waals surface area (Å²) < 4.78 is 10.9. The Bertz CT molecular complexity index is 957. The molecule has 1 aromatic carbocycles. The first-order valence-electron chi connectivity index (χ1n) is 9.89. The first-order chi connectivity index (χ1) is 13.6. The highest BCUT2D eigenvalue weighted by Crippen LogP contribution is 2.20. The summed E-state index contributed by atoms with van der Waals surface area (Å²) >= 11 is 0. The number of allylic oxidation sites excluding steroid dienone is 3. The minimum Gasteiger partial charge on any atom is -0.489 e. The molecule has 156 valence electrons. The Kier molecular flexibility index (Phi) is 7.97. The van der Waals surface area contributed by atoms with Gasteiger partial charge in [-0.2, -0.15) is 0 Å². The predicted octanol–water partition coefficient (Wildman–Crippen LogP) is 4.96. The zero-order valence-corrected chi connectivity index (χ0v) is 17.7. The summed E-state index contributed by atoms with van der Waals surface area (Å²) in [7, 11) is 0. The summed E-state index contributed by atoms with van der Waals surface area (Å²) in [5.41, 5.74) is 1.26. The smallest absolute Gasteiger partial charge is 0.336 e. The lowest BCUT2D eigenvalue weighted by molar-refractivity contribution is -0.134. The molecule has 0 radical (unpaired) electrons. The van der Waals surface area contributed by atoms with Crippen LogP contribution in [-0.2, 0) is 4.79 Å². The highest BCUT2D eigenvalue weighted by Gasteiger charge is 2.22. The molecule has 0 unspecified atom stereocenters. The van der Waals surface area contributed by atoms with E-state index in [1.54, 1.807) is 12.1 Å². The van der Waals surface area contributed by atoms with Crippen molar-refractivity contribution in [3.8, 4) is 5.75 Å². The van der Waals surface area contributed by atoms with Crippen LogP contribution in [0.15, 0.2) is 62.8 Å². The number of carbonyl (C=O) groups excluding carboxylic acids is 1. The van der Waals surface area contributed by atoms with E-state index in [4.69, 9.17) is 9.15 Å². The molecule has 0 fully saturated rings. The van der Waals surface area contributed by atoms with Crippen LogP contribution in [0.3, 0.4) is 0 Å². The fourth-order valence-corrected chi connectivity index (χ4v) is 2.78. The SMILES string of the molecule is CC(=CCC/C(C)=C/COc1ccc2ccc(=O)oc2c1)CCC(=O)C(C)(C)O. The molecule has 1 N–H and O–H groups in total. The second-order valence-electron chi connectivity index (χ2n) is 7.89. The molecular formula is C24H30O5. The third kappa shape index (κ3) is 7.70. The molecule has 0 aliphatic heterocycles. The fraction of sp³-hybridized carbons (Fsp3) is 0.417. The van der Waals surface area contributed by atoms with Gasteiger partial charge in [0, 0.05) is 23.9 Å². The number of Topliss-reactive ketones (excluding diaryl/α,β-unsaturated/α-hetero) is 1. The first kappa shape index (κ1) is 22.6. The van der Waals surface area contributed by atoms with Gasteiger partial charge in [0.2, 0.25) is 0 Å². The van der Waals surface area contributed by atoms with Gasteiger partial charge >= 0.3 is 5.63 Å². The molecule has 0 saturated heterocycles. The molecule has 0 bridgehead atoms. The quantitative estimate of drug-likeness (QED) is 0.452. The molecule has 2 rings (SSSR count). The van der Waals surface area contributed by atoms with Gasteiger partial charge in [-0.1, -0.05) is 17.2 Å². The molecule has 1 aromatic heterocycles. The maximum atomic E-state index is 11.8. The monoisotopic (exact) mass is 398 g/mol. The van der Waals surface area contributed by atoms with E-state index in [1.165, 1.54) is 25.5 Å². The molecular weight excluding hydrogens is 368 g/mol. The van der Waals surface area contributed by atoms with E-state index >= 15 is 0 Å². The number of rotatable bonds is 10. The molecule has 0 amide bonds. The average Bonchev–Trinajstić information content (AvgIpc) is 2.65. The molecule has 0 aliphatic carbocycles. The van der Waals surface area contributed by atoms with E-state index in [0.29, 0.717) is 30.8 Å². The van der Waals surface area contributed by atoms with E-state index in [1.807, 2.05) is 25.1 Å². The van der Waals surface area contributed by atoms with Gasteiger partial charge in [-0.15, -0.1) is 0 Å². The minimum absolute atomic E-state index is 0.133. The van der Waals surface area contributed by atoms with Gasteiger partial charge in [0.15, 0.2) is 5.78 Å². The Hall–Kier alpha value is -2.66. The number of aliphatic hydroxyl groups is 1. The van der Waals surface area contributed by atoms with E-state index in [9.17, 15) is 14.7 Å². The van der Waals surface area contributed by atoms with E-state index in [-0.39, 0.29) is 11.4 Å². The van der Waals surface area contributed by atoms with Crippen molar-refractivity contribution in [1.29, 1.82) is 0 Å². The minimum atomic E-state index is -1.25. The molecule has 0 spiro atoms. The van der Waals surface area contributed by atoms with Crippen LogP contribution in [0.1, 0.15) is 53.4 Å². The summed E-state index contributed by atoms with van der Waals surface area (Å²) in [4.78, 5) is 23.1. The second-order valence-corrected chi connectivity index (χ2v) is 7.89. The normalized spacial score (nSPS) is 13.0. The highest BCUT2D eigenvalue weighted by atomic mass is 16.5. The number of benzene rings is 1. The van der Waals surface area contributed by atoms with Crippen LogP contribution in [0.5, 0.6) is 5.75 Å². The fourth-order valence-electron chi connectivity index (χ4n) is 2.78. The lowest BCUT2D eigenvalue weighted by Crippen LogP contribution is -2.30. The van der Waals surface area contributed by atoms with Gasteiger partial charge in [0.1, 0.15) is 23.5 Å². The standard InChI is InChI=1S/C24H30O5/c1-17(8-12-22(25)24(3,4)27)6-5-7-18(2)14-15-28-20-11-9-19-10-13-23(26)29-21(19)16-20/h6,9-11,13-14,16,27H,5,7-8,12,15H2,1-4H3/b17-6?,18-14+. The van der Waals surface area contributed by atoms with Crippen molar-refractivity contribution >= 4 is 16.8 Å². The maximum absolute atomic E-state index is 11.8.